The zero-order valence-corrected chi connectivity index (χ0v) is 12.0. The number of hydrogen-bond donors (Lipinski definition) is 2. The second-order valence-electron chi connectivity index (χ2n) is 5.13. The molecule has 3 nitrogen and oxygen atoms in total. The van der Waals surface area contributed by atoms with E-state index in [4.69, 9.17) is 0 Å². The molecule has 0 bridgehead atoms. The third kappa shape index (κ3) is 6.07. The molecule has 1 aromatic rings. The van der Waals surface area contributed by atoms with Crippen LogP contribution in [0.2, 0.25) is 0 Å². The maximum absolute atomic E-state index is 11.6. The molecule has 1 atom stereocenters. The summed E-state index contributed by atoms with van der Waals surface area (Å²) in [6.45, 7) is 6.48. The first-order chi connectivity index (χ1) is 8.38. The van der Waals surface area contributed by atoms with E-state index in [1.807, 2.05) is 30.3 Å². The average molecular weight is 267 g/mol. The van der Waals surface area contributed by atoms with Gasteiger partial charge in [-0.25, -0.2) is 0 Å². The summed E-state index contributed by atoms with van der Waals surface area (Å²) in [5.41, 5.74) is 0.821. The third-order valence-electron chi connectivity index (χ3n) is 2.31. The van der Waals surface area contributed by atoms with Gasteiger partial charge in [-0.2, -0.15) is 0 Å². The summed E-state index contributed by atoms with van der Waals surface area (Å²) in [7, 11) is 0. The van der Waals surface area contributed by atoms with E-state index in [0.29, 0.717) is 5.75 Å². The van der Waals surface area contributed by atoms with Crippen LogP contribution in [0.25, 0.3) is 0 Å². The molecule has 1 aromatic carbocycles. The van der Waals surface area contributed by atoms with Crippen molar-refractivity contribution >= 4 is 17.7 Å². The quantitative estimate of drug-likeness (QED) is 0.861. The van der Waals surface area contributed by atoms with Crippen molar-refractivity contribution in [2.24, 2.45) is 0 Å². The van der Waals surface area contributed by atoms with Crippen molar-refractivity contribution < 1.29 is 9.90 Å². The van der Waals surface area contributed by atoms with Crippen molar-refractivity contribution in [3.8, 4) is 0 Å². The van der Waals surface area contributed by atoms with Crippen LogP contribution in [-0.2, 0) is 4.79 Å². The second-order valence-corrected chi connectivity index (χ2v) is 6.93. The minimum absolute atomic E-state index is 0.0371. The highest BCUT2D eigenvalue weighted by Crippen LogP contribution is 2.22. The molecule has 0 fully saturated rings. The van der Waals surface area contributed by atoms with Crippen LogP contribution in [0.4, 0.5) is 0 Å². The summed E-state index contributed by atoms with van der Waals surface area (Å²) in [5, 5.41) is 12.6. The second kappa shape index (κ2) is 6.81. The minimum atomic E-state index is -0.644. The van der Waals surface area contributed by atoms with E-state index in [9.17, 15) is 9.90 Å². The van der Waals surface area contributed by atoms with Gasteiger partial charge in [0, 0.05) is 11.3 Å². The Morgan fingerprint density at radius 1 is 1.33 bits per heavy atom. The lowest BCUT2D eigenvalue weighted by Crippen LogP contribution is -2.30. The first-order valence-corrected chi connectivity index (χ1v) is 7.01. The van der Waals surface area contributed by atoms with Crippen LogP contribution in [0.1, 0.15) is 32.4 Å². The highest BCUT2D eigenvalue weighted by Gasteiger charge is 2.14. The molecule has 0 aliphatic rings. The van der Waals surface area contributed by atoms with E-state index in [-0.39, 0.29) is 17.2 Å². The highest BCUT2D eigenvalue weighted by atomic mass is 32.2. The third-order valence-corrected chi connectivity index (χ3v) is 3.59. The Morgan fingerprint density at radius 3 is 2.50 bits per heavy atom. The summed E-state index contributed by atoms with van der Waals surface area (Å²) < 4.78 is 0.0788. The van der Waals surface area contributed by atoms with E-state index in [2.05, 4.69) is 26.1 Å². The number of benzene rings is 1. The van der Waals surface area contributed by atoms with E-state index >= 15 is 0 Å². The number of nitrogens with one attached hydrogen (secondary N) is 1. The lowest BCUT2D eigenvalue weighted by molar-refractivity contribution is -0.119. The van der Waals surface area contributed by atoms with Crippen molar-refractivity contribution in [2.45, 2.75) is 31.6 Å². The Labute approximate surface area is 113 Å². The van der Waals surface area contributed by atoms with Gasteiger partial charge in [0.25, 0.3) is 0 Å². The Bertz CT molecular complexity index is 373. The topological polar surface area (TPSA) is 49.3 Å². The van der Waals surface area contributed by atoms with Crippen LogP contribution in [-0.4, -0.2) is 28.1 Å². The number of hydrogen-bond acceptors (Lipinski definition) is 3. The molecule has 1 unspecified atom stereocenters. The predicted molar refractivity (Wildman–Crippen MR) is 76.6 cm³/mol. The Hall–Kier alpha value is -1.00. The number of carbonyl (C=O) groups excluding carboxylic acids is 1. The molecule has 18 heavy (non-hydrogen) atoms. The van der Waals surface area contributed by atoms with Gasteiger partial charge in [-0.05, 0) is 5.56 Å². The molecule has 0 spiro atoms. The molecular formula is C14H21NO2S. The fraction of sp³-hybridized carbons (Fsp3) is 0.500. The van der Waals surface area contributed by atoms with Gasteiger partial charge >= 0.3 is 0 Å². The lowest BCUT2D eigenvalue weighted by Gasteiger charge is -2.17. The Morgan fingerprint density at radius 2 is 1.94 bits per heavy atom. The monoisotopic (exact) mass is 267 g/mol. The van der Waals surface area contributed by atoms with Gasteiger partial charge in [0.2, 0.25) is 5.91 Å². The number of rotatable bonds is 5. The van der Waals surface area contributed by atoms with Crippen LogP contribution in [0.3, 0.4) is 0 Å². The fourth-order valence-electron chi connectivity index (χ4n) is 1.34. The molecule has 0 aliphatic carbocycles. The average Bonchev–Trinajstić information content (AvgIpc) is 2.33. The van der Waals surface area contributed by atoms with Crippen molar-refractivity contribution in [3.05, 3.63) is 35.9 Å². The summed E-state index contributed by atoms with van der Waals surface area (Å²) in [5.74, 6) is 0.385. The summed E-state index contributed by atoms with van der Waals surface area (Å²) in [6.07, 6.45) is -0.644. The highest BCUT2D eigenvalue weighted by molar-refractivity contribution is 8.01. The van der Waals surface area contributed by atoms with Gasteiger partial charge < -0.3 is 10.4 Å². The van der Waals surface area contributed by atoms with Crippen LogP contribution in [0, 0.1) is 0 Å². The molecule has 0 saturated heterocycles. The van der Waals surface area contributed by atoms with E-state index < -0.39 is 6.10 Å². The standard InChI is InChI=1S/C14H21NO2S/c1-14(2,3)18-10-13(17)15-9-12(16)11-7-5-4-6-8-11/h4-8,12,16H,9-10H2,1-3H3,(H,15,17). The number of carbonyl (C=O) groups is 1. The summed E-state index contributed by atoms with van der Waals surface area (Å²) >= 11 is 1.60. The molecule has 2 N–H and O–H groups in total. The molecule has 100 valence electrons. The van der Waals surface area contributed by atoms with Gasteiger partial charge in [0.15, 0.2) is 0 Å². The minimum Gasteiger partial charge on any atom is -0.387 e. The molecule has 0 saturated carbocycles. The zero-order valence-electron chi connectivity index (χ0n) is 11.1. The summed E-state index contributed by atoms with van der Waals surface area (Å²) in [6, 6.07) is 9.34. The number of aliphatic hydroxyl groups excluding tert-OH is 1. The van der Waals surface area contributed by atoms with Gasteiger partial charge in [-0.3, -0.25) is 4.79 Å². The molecule has 0 heterocycles. The Balaban J connectivity index is 2.31. The Kier molecular flexibility index (Phi) is 5.69. The largest absolute Gasteiger partial charge is 0.387 e. The molecular weight excluding hydrogens is 246 g/mol. The van der Waals surface area contributed by atoms with Crippen molar-refractivity contribution in [2.75, 3.05) is 12.3 Å². The lowest BCUT2D eigenvalue weighted by atomic mass is 10.1. The number of aliphatic hydroxyl groups is 1. The van der Waals surface area contributed by atoms with Gasteiger partial charge in [-0.1, -0.05) is 51.1 Å². The first-order valence-electron chi connectivity index (χ1n) is 6.02. The van der Waals surface area contributed by atoms with E-state index in [1.165, 1.54) is 0 Å². The van der Waals surface area contributed by atoms with Crippen LogP contribution in [0.15, 0.2) is 30.3 Å². The molecule has 0 radical (unpaired) electrons. The predicted octanol–water partition coefficient (Wildman–Crippen LogP) is 2.37. The van der Waals surface area contributed by atoms with Crippen molar-refractivity contribution in [1.29, 1.82) is 0 Å². The van der Waals surface area contributed by atoms with Crippen LogP contribution in [0.5, 0.6) is 0 Å². The fourth-order valence-corrected chi connectivity index (χ4v) is 2.00. The number of amides is 1. The summed E-state index contributed by atoms with van der Waals surface area (Å²) in [4.78, 5) is 11.6. The van der Waals surface area contributed by atoms with Gasteiger partial charge in [0.05, 0.1) is 11.9 Å². The maximum atomic E-state index is 11.6. The number of thioether (sulfide) groups is 1. The zero-order chi connectivity index (χ0) is 13.6. The van der Waals surface area contributed by atoms with Crippen molar-refractivity contribution in [1.82, 2.24) is 5.32 Å². The SMILES string of the molecule is CC(C)(C)SCC(=O)NCC(O)c1ccccc1. The van der Waals surface area contributed by atoms with Crippen LogP contribution >= 0.6 is 11.8 Å². The molecule has 0 aliphatic heterocycles. The normalized spacial score (nSPS) is 13.1. The molecule has 0 aromatic heterocycles. The maximum Gasteiger partial charge on any atom is 0.230 e. The van der Waals surface area contributed by atoms with E-state index in [0.717, 1.165) is 5.56 Å². The first kappa shape index (κ1) is 15.1. The van der Waals surface area contributed by atoms with Gasteiger partial charge in [0.1, 0.15) is 0 Å². The molecule has 4 heteroatoms. The van der Waals surface area contributed by atoms with Crippen LogP contribution < -0.4 is 5.32 Å². The molecule has 1 amide bonds. The van der Waals surface area contributed by atoms with Gasteiger partial charge in [-0.15, -0.1) is 11.8 Å². The molecule has 1 rings (SSSR count). The van der Waals surface area contributed by atoms with Crippen molar-refractivity contribution in [3.63, 3.8) is 0 Å². The van der Waals surface area contributed by atoms with E-state index in [1.54, 1.807) is 11.8 Å². The smallest absolute Gasteiger partial charge is 0.230 e.